The highest BCUT2D eigenvalue weighted by Gasteiger charge is 2.33. The second kappa shape index (κ2) is 3.72. The van der Waals surface area contributed by atoms with Gasteiger partial charge in [0.2, 0.25) is 0 Å². The Balaban J connectivity index is 2.23. The highest BCUT2D eigenvalue weighted by molar-refractivity contribution is 5.63. The fourth-order valence-corrected chi connectivity index (χ4v) is 1.70. The second-order valence-corrected chi connectivity index (χ2v) is 3.64. The largest absolute Gasteiger partial charge is 0.432 e. The quantitative estimate of drug-likeness (QED) is 0.765. The molecule has 0 atom stereocenters. The minimum atomic E-state index is -4.33. The number of rotatable bonds is 1. The summed E-state index contributed by atoms with van der Waals surface area (Å²) in [6.07, 6.45) is 1.53. The first-order valence-corrected chi connectivity index (χ1v) is 4.89. The predicted molar refractivity (Wildman–Crippen MR) is 50.0 cm³/mol. The summed E-state index contributed by atoms with van der Waals surface area (Å²) in [4.78, 5) is 0. The van der Waals surface area contributed by atoms with E-state index in [1.807, 2.05) is 11.2 Å². The topological polar surface area (TPSA) is 28.7 Å². The molecule has 0 aromatic carbocycles. The van der Waals surface area contributed by atoms with E-state index in [1.165, 1.54) is 0 Å². The van der Waals surface area contributed by atoms with Gasteiger partial charge in [0.1, 0.15) is 5.69 Å². The Morgan fingerprint density at radius 2 is 2.07 bits per heavy atom. The molecule has 1 N–H and O–H groups in total. The summed E-state index contributed by atoms with van der Waals surface area (Å²) in [7, 11) is 0. The minimum absolute atomic E-state index is 0.432. The van der Waals surface area contributed by atoms with Gasteiger partial charge in [-0.25, -0.2) is 0 Å². The van der Waals surface area contributed by atoms with Crippen LogP contribution in [0.3, 0.4) is 0 Å². The monoisotopic (exact) mass is 216 g/mol. The van der Waals surface area contributed by atoms with Crippen molar-refractivity contribution in [2.45, 2.75) is 31.9 Å². The molecule has 0 amide bonds. The molecule has 0 bridgehead atoms. The number of hydrogen-bond donors (Lipinski definition) is 1. The van der Waals surface area contributed by atoms with Crippen molar-refractivity contribution < 1.29 is 13.2 Å². The van der Waals surface area contributed by atoms with Crippen LogP contribution < -0.4 is 0 Å². The van der Waals surface area contributed by atoms with Crippen molar-refractivity contribution in [2.24, 2.45) is 0 Å². The standard InChI is InChI=1S/C10H11F3N2/c11-10(12,13)9-6-8(14-15-9)7-4-2-1-3-5-7/h4,6H,1-3,5H2,(H,14,15). The Labute approximate surface area is 85.2 Å². The zero-order chi connectivity index (χ0) is 10.9. The lowest BCUT2D eigenvalue weighted by atomic mass is 9.97. The zero-order valence-electron chi connectivity index (χ0n) is 8.06. The lowest BCUT2D eigenvalue weighted by molar-refractivity contribution is -0.141. The zero-order valence-corrected chi connectivity index (χ0v) is 8.06. The van der Waals surface area contributed by atoms with Gasteiger partial charge in [0, 0.05) is 0 Å². The third kappa shape index (κ3) is 2.22. The molecule has 0 saturated heterocycles. The van der Waals surface area contributed by atoms with Crippen molar-refractivity contribution in [3.63, 3.8) is 0 Å². The number of nitrogens with zero attached hydrogens (tertiary/aromatic N) is 1. The van der Waals surface area contributed by atoms with Crippen LogP contribution in [0.1, 0.15) is 37.1 Å². The van der Waals surface area contributed by atoms with Crippen molar-refractivity contribution in [1.29, 1.82) is 0 Å². The molecule has 2 rings (SSSR count). The molecule has 82 valence electrons. The lowest BCUT2D eigenvalue weighted by Crippen LogP contribution is -2.04. The number of halogens is 3. The van der Waals surface area contributed by atoms with E-state index in [4.69, 9.17) is 0 Å². The first-order valence-electron chi connectivity index (χ1n) is 4.89. The van der Waals surface area contributed by atoms with Gasteiger partial charge < -0.3 is 0 Å². The van der Waals surface area contributed by atoms with Gasteiger partial charge in [-0.05, 0) is 37.3 Å². The average Bonchev–Trinajstić information content (AvgIpc) is 2.67. The van der Waals surface area contributed by atoms with Crippen LogP contribution >= 0.6 is 0 Å². The summed E-state index contributed by atoms with van der Waals surface area (Å²) in [5, 5.41) is 5.72. The fraction of sp³-hybridized carbons (Fsp3) is 0.500. The van der Waals surface area contributed by atoms with Gasteiger partial charge >= 0.3 is 6.18 Å². The molecule has 0 fully saturated rings. The Morgan fingerprint density at radius 1 is 1.27 bits per heavy atom. The van der Waals surface area contributed by atoms with Gasteiger partial charge in [0.15, 0.2) is 0 Å². The molecule has 2 nitrogen and oxygen atoms in total. The van der Waals surface area contributed by atoms with Crippen LogP contribution in [0.4, 0.5) is 13.2 Å². The second-order valence-electron chi connectivity index (χ2n) is 3.64. The van der Waals surface area contributed by atoms with Crippen molar-refractivity contribution >= 4 is 5.57 Å². The molecule has 0 spiro atoms. The van der Waals surface area contributed by atoms with Crippen LogP contribution in [0.5, 0.6) is 0 Å². The number of H-pyrrole nitrogens is 1. The number of alkyl halides is 3. The Hall–Kier alpha value is -1.26. The average molecular weight is 216 g/mol. The van der Waals surface area contributed by atoms with E-state index < -0.39 is 11.9 Å². The van der Waals surface area contributed by atoms with Gasteiger partial charge in [-0.2, -0.15) is 18.3 Å². The van der Waals surface area contributed by atoms with Gasteiger partial charge in [-0.1, -0.05) is 6.08 Å². The number of aromatic nitrogens is 2. The summed E-state index contributed by atoms with van der Waals surface area (Å²) in [5.41, 5.74) is 0.582. The van der Waals surface area contributed by atoms with Gasteiger partial charge in [-0.3, -0.25) is 5.10 Å². The first kappa shape index (κ1) is 10.3. The maximum Gasteiger partial charge on any atom is 0.432 e. The molecule has 1 heterocycles. The molecule has 15 heavy (non-hydrogen) atoms. The summed E-state index contributed by atoms with van der Waals surface area (Å²) in [6.45, 7) is 0. The molecule has 5 heteroatoms. The molecule has 0 unspecified atom stereocenters. The van der Waals surface area contributed by atoms with Crippen molar-refractivity contribution in [3.05, 3.63) is 23.5 Å². The first-order chi connectivity index (χ1) is 7.07. The van der Waals surface area contributed by atoms with Crippen LogP contribution in [0.2, 0.25) is 0 Å². The van der Waals surface area contributed by atoms with E-state index in [9.17, 15) is 13.2 Å². The maximum absolute atomic E-state index is 12.3. The van der Waals surface area contributed by atoms with Crippen LogP contribution in [-0.4, -0.2) is 10.2 Å². The van der Waals surface area contributed by atoms with E-state index in [-0.39, 0.29) is 0 Å². The molecular weight excluding hydrogens is 205 g/mol. The van der Waals surface area contributed by atoms with E-state index >= 15 is 0 Å². The van der Waals surface area contributed by atoms with Gasteiger partial charge in [-0.15, -0.1) is 0 Å². The van der Waals surface area contributed by atoms with E-state index in [1.54, 1.807) is 0 Å². The molecule has 1 aliphatic rings. The highest BCUT2D eigenvalue weighted by atomic mass is 19.4. The third-order valence-corrected chi connectivity index (χ3v) is 2.50. The highest BCUT2D eigenvalue weighted by Crippen LogP contribution is 2.31. The van der Waals surface area contributed by atoms with Crippen LogP contribution in [-0.2, 0) is 6.18 Å². The van der Waals surface area contributed by atoms with Crippen LogP contribution in [0.15, 0.2) is 12.1 Å². The normalized spacial score (nSPS) is 17.7. The molecule has 1 aromatic heterocycles. The number of allylic oxidation sites excluding steroid dienone is 2. The predicted octanol–water partition coefficient (Wildman–Crippen LogP) is 3.39. The summed E-state index contributed by atoms with van der Waals surface area (Å²) >= 11 is 0. The fourth-order valence-electron chi connectivity index (χ4n) is 1.70. The Bertz CT molecular complexity index is 376. The summed E-state index contributed by atoms with van der Waals surface area (Å²) < 4.78 is 36.8. The number of aromatic amines is 1. The third-order valence-electron chi connectivity index (χ3n) is 2.50. The Morgan fingerprint density at radius 3 is 2.60 bits per heavy atom. The van der Waals surface area contributed by atoms with Crippen molar-refractivity contribution in [3.8, 4) is 0 Å². The summed E-state index contributed by atoms with van der Waals surface area (Å²) in [6, 6.07) is 1.08. The van der Waals surface area contributed by atoms with Gasteiger partial charge in [0.05, 0.1) is 5.69 Å². The Kier molecular flexibility index (Phi) is 2.54. The van der Waals surface area contributed by atoms with Gasteiger partial charge in [0.25, 0.3) is 0 Å². The molecule has 0 aliphatic heterocycles. The molecule has 0 saturated carbocycles. The van der Waals surface area contributed by atoms with Crippen molar-refractivity contribution in [2.75, 3.05) is 0 Å². The van der Waals surface area contributed by atoms with Crippen LogP contribution in [0.25, 0.3) is 5.57 Å². The maximum atomic E-state index is 12.3. The van der Waals surface area contributed by atoms with Crippen LogP contribution in [0, 0.1) is 0 Å². The number of hydrogen-bond acceptors (Lipinski definition) is 1. The smallest absolute Gasteiger partial charge is 0.273 e. The minimum Gasteiger partial charge on any atom is -0.273 e. The number of nitrogens with one attached hydrogen (secondary N) is 1. The molecule has 0 radical (unpaired) electrons. The molecule has 1 aliphatic carbocycles. The van der Waals surface area contributed by atoms with E-state index in [2.05, 4.69) is 5.10 Å². The summed E-state index contributed by atoms with van der Waals surface area (Å²) in [5.74, 6) is 0. The van der Waals surface area contributed by atoms with Crippen molar-refractivity contribution in [1.82, 2.24) is 10.2 Å². The molecular formula is C10H11F3N2. The van der Waals surface area contributed by atoms with E-state index in [0.29, 0.717) is 5.69 Å². The molecule has 1 aromatic rings. The van der Waals surface area contributed by atoms with E-state index in [0.717, 1.165) is 37.3 Å². The SMILES string of the molecule is FC(F)(F)c1cc(C2=CCCCC2)n[nH]1. The lowest BCUT2D eigenvalue weighted by Gasteiger charge is -2.09.